The summed E-state index contributed by atoms with van der Waals surface area (Å²) in [6, 6.07) is 9.98. The summed E-state index contributed by atoms with van der Waals surface area (Å²) in [5.41, 5.74) is 4.88. The maximum atomic E-state index is 10.7. The molecule has 1 fully saturated rings. The first-order chi connectivity index (χ1) is 15.5. The van der Waals surface area contributed by atoms with Crippen molar-refractivity contribution in [3.63, 3.8) is 0 Å². The minimum Gasteiger partial charge on any atom is -0.508 e. The van der Waals surface area contributed by atoms with Gasteiger partial charge in [-0.2, -0.15) is 0 Å². The highest BCUT2D eigenvalue weighted by molar-refractivity contribution is 5.70. The van der Waals surface area contributed by atoms with Crippen molar-refractivity contribution >= 4 is 0 Å². The number of phenolic OH excluding ortho intramolecular Hbond substituents is 2. The largest absolute Gasteiger partial charge is 0.508 e. The third kappa shape index (κ3) is 3.81. The van der Waals surface area contributed by atoms with E-state index in [-0.39, 0.29) is 23.5 Å². The van der Waals surface area contributed by atoms with Crippen molar-refractivity contribution in [1.29, 1.82) is 0 Å². The number of ether oxygens (including phenoxy) is 2. The van der Waals surface area contributed by atoms with Gasteiger partial charge in [-0.1, -0.05) is 25.0 Å². The molecule has 1 aromatic heterocycles. The lowest BCUT2D eigenvalue weighted by molar-refractivity contribution is 0.0209. The van der Waals surface area contributed by atoms with E-state index in [2.05, 4.69) is 28.4 Å². The Balaban J connectivity index is 1.64. The van der Waals surface area contributed by atoms with Gasteiger partial charge >= 0.3 is 6.01 Å². The number of phenols is 2. The van der Waals surface area contributed by atoms with Gasteiger partial charge in [0.2, 0.25) is 0 Å². The SMILES string of the molecule is CC(C)c1cc(-c2nnc(OC3CCOCC3)n2-c2ccc3c(c2)CCC3)c(O)cc1O. The number of benzene rings is 2. The Kier molecular flexibility index (Phi) is 5.51. The molecule has 3 aromatic rings. The zero-order valence-electron chi connectivity index (χ0n) is 18.5. The number of aromatic nitrogens is 3. The van der Waals surface area contributed by atoms with Gasteiger partial charge in [-0.3, -0.25) is 0 Å². The molecule has 0 unspecified atom stereocenters. The molecule has 2 heterocycles. The quantitative estimate of drug-likeness (QED) is 0.613. The van der Waals surface area contributed by atoms with E-state index in [0.717, 1.165) is 43.4 Å². The molecular weight excluding hydrogens is 406 g/mol. The fourth-order valence-corrected chi connectivity index (χ4v) is 4.63. The summed E-state index contributed by atoms with van der Waals surface area (Å²) in [7, 11) is 0. The average Bonchev–Trinajstić information content (AvgIpc) is 3.40. The van der Waals surface area contributed by atoms with Crippen LogP contribution in [0.3, 0.4) is 0 Å². The second-order valence-corrected chi connectivity index (χ2v) is 8.96. The topological polar surface area (TPSA) is 89.6 Å². The summed E-state index contributed by atoms with van der Waals surface area (Å²) in [5.74, 6) is 0.607. The van der Waals surface area contributed by atoms with E-state index < -0.39 is 0 Å². The first-order valence-corrected chi connectivity index (χ1v) is 11.4. The summed E-state index contributed by atoms with van der Waals surface area (Å²) in [5, 5.41) is 29.8. The molecule has 1 saturated heterocycles. The normalized spacial score (nSPS) is 16.5. The van der Waals surface area contributed by atoms with Crippen LogP contribution in [0.25, 0.3) is 17.1 Å². The fourth-order valence-electron chi connectivity index (χ4n) is 4.63. The maximum absolute atomic E-state index is 10.7. The number of rotatable bonds is 5. The van der Waals surface area contributed by atoms with Gasteiger partial charge in [0.1, 0.15) is 17.6 Å². The molecule has 0 bridgehead atoms. The number of aromatic hydroxyl groups is 2. The number of hydrogen-bond donors (Lipinski definition) is 2. The molecule has 1 aliphatic carbocycles. The van der Waals surface area contributed by atoms with Crippen molar-refractivity contribution < 1.29 is 19.7 Å². The lowest BCUT2D eigenvalue weighted by Gasteiger charge is -2.23. The molecule has 7 heteroatoms. The van der Waals surface area contributed by atoms with E-state index in [9.17, 15) is 10.2 Å². The van der Waals surface area contributed by atoms with Crippen LogP contribution < -0.4 is 4.74 Å². The molecule has 0 spiro atoms. The second kappa shape index (κ2) is 8.47. The lowest BCUT2D eigenvalue weighted by atomic mass is 9.98. The molecule has 0 atom stereocenters. The predicted octanol–water partition coefficient (Wildman–Crippen LogP) is 4.52. The molecule has 0 radical (unpaired) electrons. The average molecular weight is 436 g/mol. The Morgan fingerprint density at radius 1 is 1.00 bits per heavy atom. The van der Waals surface area contributed by atoms with E-state index in [4.69, 9.17) is 9.47 Å². The number of hydrogen-bond acceptors (Lipinski definition) is 6. The van der Waals surface area contributed by atoms with Crippen molar-refractivity contribution in [2.24, 2.45) is 0 Å². The highest BCUT2D eigenvalue weighted by Crippen LogP contribution is 2.39. The Morgan fingerprint density at radius 2 is 1.78 bits per heavy atom. The van der Waals surface area contributed by atoms with Crippen molar-refractivity contribution in [3.05, 3.63) is 47.0 Å². The van der Waals surface area contributed by atoms with Gasteiger partial charge in [-0.25, -0.2) is 4.57 Å². The van der Waals surface area contributed by atoms with Crippen molar-refractivity contribution in [2.75, 3.05) is 13.2 Å². The van der Waals surface area contributed by atoms with Gasteiger partial charge in [-0.05, 0) is 60.1 Å². The smallest absolute Gasteiger partial charge is 0.322 e. The standard InChI is InChI=1S/C25H29N3O4/c1-15(2)20-13-21(23(30)14-22(20)29)24-26-27-25(32-19-8-10-31-11-9-19)28(24)18-7-6-16-4-3-5-17(16)12-18/h6-7,12-15,19,29-30H,3-5,8-11H2,1-2H3. The van der Waals surface area contributed by atoms with E-state index in [0.29, 0.717) is 30.6 Å². The van der Waals surface area contributed by atoms with Gasteiger partial charge in [0.25, 0.3) is 0 Å². The molecule has 5 rings (SSSR count). The van der Waals surface area contributed by atoms with Crippen molar-refractivity contribution in [2.45, 2.75) is 58.0 Å². The lowest BCUT2D eigenvalue weighted by Crippen LogP contribution is -2.27. The first-order valence-electron chi connectivity index (χ1n) is 11.4. The monoisotopic (exact) mass is 435 g/mol. The van der Waals surface area contributed by atoms with Gasteiger partial charge in [0, 0.05) is 18.9 Å². The van der Waals surface area contributed by atoms with Crippen LogP contribution in [-0.4, -0.2) is 44.3 Å². The fraction of sp³-hybridized carbons (Fsp3) is 0.440. The van der Waals surface area contributed by atoms with Crippen LogP contribution >= 0.6 is 0 Å². The number of nitrogens with zero attached hydrogens (tertiary/aromatic N) is 3. The third-order valence-electron chi connectivity index (χ3n) is 6.42. The first kappa shape index (κ1) is 20.8. The van der Waals surface area contributed by atoms with Crippen LogP contribution in [0.5, 0.6) is 17.5 Å². The molecule has 0 amide bonds. The summed E-state index contributed by atoms with van der Waals surface area (Å²) in [4.78, 5) is 0. The van der Waals surface area contributed by atoms with Gasteiger partial charge in [0.15, 0.2) is 5.82 Å². The summed E-state index contributed by atoms with van der Waals surface area (Å²) in [6.07, 6.45) is 4.93. The molecule has 168 valence electrons. The Bertz CT molecular complexity index is 1130. The molecule has 0 saturated carbocycles. The van der Waals surface area contributed by atoms with Crippen LogP contribution in [0.4, 0.5) is 0 Å². The molecular formula is C25H29N3O4. The van der Waals surface area contributed by atoms with Crippen molar-refractivity contribution in [1.82, 2.24) is 14.8 Å². The summed E-state index contributed by atoms with van der Waals surface area (Å²) in [6.45, 7) is 5.34. The molecule has 2 aliphatic rings. The Morgan fingerprint density at radius 3 is 2.56 bits per heavy atom. The number of aryl methyl sites for hydroxylation is 2. The highest BCUT2D eigenvalue weighted by atomic mass is 16.5. The second-order valence-electron chi connectivity index (χ2n) is 8.96. The van der Waals surface area contributed by atoms with E-state index >= 15 is 0 Å². The minimum atomic E-state index is -0.0423. The molecule has 2 aromatic carbocycles. The zero-order chi connectivity index (χ0) is 22.2. The van der Waals surface area contributed by atoms with Crippen LogP contribution in [0.1, 0.15) is 55.7 Å². The van der Waals surface area contributed by atoms with E-state index in [1.807, 2.05) is 18.4 Å². The Labute approximate surface area is 187 Å². The van der Waals surface area contributed by atoms with E-state index in [1.54, 1.807) is 6.07 Å². The van der Waals surface area contributed by atoms with Gasteiger partial charge < -0.3 is 19.7 Å². The highest BCUT2D eigenvalue weighted by Gasteiger charge is 2.25. The zero-order valence-corrected chi connectivity index (χ0v) is 18.5. The van der Waals surface area contributed by atoms with E-state index in [1.165, 1.54) is 17.2 Å². The molecule has 7 nitrogen and oxygen atoms in total. The maximum Gasteiger partial charge on any atom is 0.322 e. The van der Waals surface area contributed by atoms with Gasteiger partial charge in [-0.15, -0.1) is 5.10 Å². The van der Waals surface area contributed by atoms with Crippen LogP contribution in [0.2, 0.25) is 0 Å². The minimum absolute atomic E-state index is 0.00798. The number of fused-ring (bicyclic) bond motifs is 1. The van der Waals surface area contributed by atoms with Crippen LogP contribution in [-0.2, 0) is 17.6 Å². The Hall–Kier alpha value is -3.06. The van der Waals surface area contributed by atoms with Gasteiger partial charge in [0.05, 0.1) is 24.5 Å². The van der Waals surface area contributed by atoms with Crippen molar-refractivity contribution in [3.8, 4) is 34.6 Å². The predicted molar refractivity (Wildman–Crippen MR) is 121 cm³/mol. The summed E-state index contributed by atoms with van der Waals surface area (Å²) < 4.78 is 13.6. The molecule has 2 N–H and O–H groups in total. The molecule has 1 aliphatic heterocycles. The summed E-state index contributed by atoms with van der Waals surface area (Å²) >= 11 is 0. The van der Waals surface area contributed by atoms with Crippen LogP contribution in [0.15, 0.2) is 30.3 Å². The van der Waals surface area contributed by atoms with Crippen LogP contribution in [0, 0.1) is 0 Å². The third-order valence-corrected chi connectivity index (χ3v) is 6.42. The molecule has 32 heavy (non-hydrogen) atoms.